The molecule has 1 aromatic carbocycles. The molecule has 0 fully saturated rings. The number of pyridine rings is 1. The van der Waals surface area contributed by atoms with Crippen LogP contribution in [0.3, 0.4) is 0 Å². The molecule has 13 heteroatoms. The Kier molecular flexibility index (Phi) is 6.38. The van der Waals surface area contributed by atoms with Crippen LogP contribution in [0.15, 0.2) is 36.5 Å². The number of aromatic nitrogens is 3. The molecule has 1 spiro atoms. The summed E-state index contributed by atoms with van der Waals surface area (Å²) in [6.07, 6.45) is 3.64. The third kappa shape index (κ3) is 4.71. The van der Waals surface area contributed by atoms with Crippen LogP contribution in [0, 0.1) is 11.3 Å². The largest absolute Gasteiger partial charge is 0.468 e. The van der Waals surface area contributed by atoms with Gasteiger partial charge in [-0.1, -0.05) is 6.07 Å². The lowest BCUT2D eigenvalue weighted by Crippen LogP contribution is -2.52. The molecule has 5 rings (SSSR count). The van der Waals surface area contributed by atoms with Crippen molar-refractivity contribution in [3.8, 4) is 23.2 Å². The number of amides is 2. The molecule has 1 aliphatic carbocycles. The van der Waals surface area contributed by atoms with Crippen molar-refractivity contribution in [2.45, 2.75) is 24.9 Å². The SMILES string of the molecule is COCOc1ccc2c(c1)CCC21Cn2nc(-c3ccc(C#N)cn3)c(NC(=O)CS(C)(=O)=O)c2C(=O)N1. The molecule has 38 heavy (non-hydrogen) atoms. The maximum atomic E-state index is 13.6. The number of hydrogen-bond acceptors (Lipinski definition) is 9. The number of ether oxygens (including phenoxy) is 2. The Bertz CT molecular complexity index is 1590. The molecule has 3 heterocycles. The predicted octanol–water partition coefficient (Wildman–Crippen LogP) is 1.37. The monoisotopic (exact) mass is 536 g/mol. The average molecular weight is 537 g/mol. The molecule has 2 N–H and O–H groups in total. The van der Waals surface area contributed by atoms with Crippen LogP contribution in [-0.4, -0.2) is 60.9 Å². The minimum atomic E-state index is -3.62. The van der Waals surface area contributed by atoms with Crippen molar-refractivity contribution < 1.29 is 27.5 Å². The second kappa shape index (κ2) is 9.55. The van der Waals surface area contributed by atoms with Gasteiger partial charge in [-0.15, -0.1) is 0 Å². The molecule has 0 bridgehead atoms. The first-order valence-electron chi connectivity index (χ1n) is 11.6. The van der Waals surface area contributed by atoms with Crippen molar-refractivity contribution in [3.63, 3.8) is 0 Å². The fraction of sp³-hybridized carbons (Fsp3) is 0.320. The van der Waals surface area contributed by atoms with Gasteiger partial charge in [0.05, 0.1) is 23.3 Å². The van der Waals surface area contributed by atoms with Gasteiger partial charge in [-0.05, 0) is 48.2 Å². The molecule has 1 atom stereocenters. The van der Waals surface area contributed by atoms with Gasteiger partial charge in [-0.3, -0.25) is 19.3 Å². The normalized spacial score (nSPS) is 17.9. The van der Waals surface area contributed by atoms with Gasteiger partial charge in [0.15, 0.2) is 22.3 Å². The van der Waals surface area contributed by atoms with E-state index in [0.29, 0.717) is 29.8 Å². The minimum absolute atomic E-state index is 0.0599. The first-order valence-corrected chi connectivity index (χ1v) is 13.7. The fourth-order valence-corrected chi connectivity index (χ4v) is 5.48. The first-order chi connectivity index (χ1) is 18.1. The van der Waals surface area contributed by atoms with Gasteiger partial charge < -0.3 is 20.1 Å². The highest BCUT2D eigenvalue weighted by Gasteiger charge is 2.46. The van der Waals surface area contributed by atoms with E-state index in [-0.39, 0.29) is 30.4 Å². The summed E-state index contributed by atoms with van der Waals surface area (Å²) >= 11 is 0. The zero-order chi connectivity index (χ0) is 27.1. The summed E-state index contributed by atoms with van der Waals surface area (Å²) in [5, 5.41) is 19.4. The van der Waals surface area contributed by atoms with Crippen LogP contribution >= 0.6 is 0 Å². The van der Waals surface area contributed by atoms with Crippen LogP contribution in [0.25, 0.3) is 11.4 Å². The minimum Gasteiger partial charge on any atom is -0.468 e. The van der Waals surface area contributed by atoms with Gasteiger partial charge in [-0.25, -0.2) is 8.42 Å². The molecular formula is C25H24N6O6S. The Morgan fingerprint density at radius 3 is 2.82 bits per heavy atom. The van der Waals surface area contributed by atoms with E-state index < -0.39 is 32.9 Å². The number of carbonyl (C=O) groups excluding carboxylic acids is 2. The zero-order valence-corrected chi connectivity index (χ0v) is 21.5. The number of benzene rings is 1. The molecule has 196 valence electrons. The molecule has 0 saturated carbocycles. The van der Waals surface area contributed by atoms with Crippen molar-refractivity contribution in [3.05, 3.63) is 58.9 Å². The van der Waals surface area contributed by atoms with Crippen LogP contribution in [0.5, 0.6) is 5.75 Å². The maximum Gasteiger partial charge on any atom is 0.272 e. The number of nitrogens with zero attached hydrogens (tertiary/aromatic N) is 4. The van der Waals surface area contributed by atoms with Gasteiger partial charge in [0.1, 0.15) is 29.0 Å². The van der Waals surface area contributed by atoms with E-state index in [9.17, 15) is 18.0 Å². The number of carbonyl (C=O) groups is 2. The Balaban J connectivity index is 1.56. The third-order valence-electron chi connectivity index (χ3n) is 6.49. The van der Waals surface area contributed by atoms with E-state index in [0.717, 1.165) is 17.4 Å². The molecule has 2 aromatic heterocycles. The van der Waals surface area contributed by atoms with Crippen LogP contribution < -0.4 is 15.4 Å². The summed E-state index contributed by atoms with van der Waals surface area (Å²) in [5.41, 5.74) is 2.23. The number of methoxy groups -OCH3 is 1. The molecule has 1 unspecified atom stereocenters. The Morgan fingerprint density at radius 2 is 2.13 bits per heavy atom. The lowest BCUT2D eigenvalue weighted by atomic mass is 9.89. The number of sulfone groups is 1. The standard InChI is InChI=1S/C25H24N6O6S/c1-36-14-37-17-4-5-18-16(9-17)7-8-25(18)13-31-23(24(33)29-25)22(28-20(32)12-38(2,34)35)21(30-31)19-6-3-15(10-26)11-27-19/h3-6,9,11H,7-8,12-14H2,1-2H3,(H,28,32)(H,29,33). The number of nitriles is 1. The Hall–Kier alpha value is -4.28. The second-order valence-electron chi connectivity index (χ2n) is 9.30. The molecular weight excluding hydrogens is 512 g/mol. The number of nitrogens with one attached hydrogen (secondary N) is 2. The second-order valence-corrected chi connectivity index (χ2v) is 11.4. The summed E-state index contributed by atoms with van der Waals surface area (Å²) in [5.74, 6) is -1.37. The highest BCUT2D eigenvalue weighted by Crippen LogP contribution is 2.43. The van der Waals surface area contributed by atoms with Crippen molar-refractivity contribution >= 4 is 27.3 Å². The molecule has 2 aliphatic rings. The summed E-state index contributed by atoms with van der Waals surface area (Å²) in [6, 6.07) is 10.7. The van der Waals surface area contributed by atoms with Gasteiger partial charge in [-0.2, -0.15) is 10.4 Å². The van der Waals surface area contributed by atoms with E-state index in [2.05, 4.69) is 20.7 Å². The molecule has 2 amide bonds. The number of fused-ring (bicyclic) bond motifs is 3. The van der Waals surface area contributed by atoms with E-state index >= 15 is 0 Å². The van der Waals surface area contributed by atoms with Crippen molar-refractivity contribution in [1.82, 2.24) is 20.1 Å². The van der Waals surface area contributed by atoms with Crippen LogP contribution in [-0.2, 0) is 37.9 Å². The quantitative estimate of drug-likeness (QED) is 0.424. The Morgan fingerprint density at radius 1 is 1.32 bits per heavy atom. The van der Waals surface area contributed by atoms with E-state index in [1.165, 1.54) is 10.9 Å². The molecule has 3 aromatic rings. The lowest BCUT2D eigenvalue weighted by molar-refractivity contribution is -0.113. The van der Waals surface area contributed by atoms with Crippen LogP contribution in [0.4, 0.5) is 5.69 Å². The van der Waals surface area contributed by atoms with E-state index in [1.807, 2.05) is 24.3 Å². The van der Waals surface area contributed by atoms with Gasteiger partial charge in [0.25, 0.3) is 5.91 Å². The molecule has 12 nitrogen and oxygen atoms in total. The van der Waals surface area contributed by atoms with Gasteiger partial charge in [0, 0.05) is 19.6 Å². The average Bonchev–Trinajstić information content (AvgIpc) is 3.39. The van der Waals surface area contributed by atoms with Crippen molar-refractivity contribution in [1.29, 1.82) is 5.26 Å². The van der Waals surface area contributed by atoms with E-state index in [1.54, 1.807) is 19.2 Å². The first kappa shape index (κ1) is 25.4. The highest BCUT2D eigenvalue weighted by atomic mass is 32.2. The maximum absolute atomic E-state index is 13.6. The zero-order valence-electron chi connectivity index (χ0n) is 20.6. The summed E-state index contributed by atoms with van der Waals surface area (Å²) in [6.45, 7) is 0.405. The summed E-state index contributed by atoms with van der Waals surface area (Å²) in [7, 11) is -2.08. The summed E-state index contributed by atoms with van der Waals surface area (Å²) in [4.78, 5) is 30.4. The molecule has 1 aliphatic heterocycles. The van der Waals surface area contributed by atoms with Crippen LogP contribution in [0.2, 0.25) is 0 Å². The van der Waals surface area contributed by atoms with E-state index in [4.69, 9.17) is 14.7 Å². The predicted molar refractivity (Wildman–Crippen MR) is 135 cm³/mol. The van der Waals surface area contributed by atoms with Crippen LogP contribution in [0.1, 0.15) is 33.6 Å². The summed E-state index contributed by atoms with van der Waals surface area (Å²) < 4.78 is 35.4. The topological polar surface area (TPSA) is 165 Å². The number of anilines is 1. The number of rotatable bonds is 7. The van der Waals surface area contributed by atoms with Gasteiger partial charge >= 0.3 is 0 Å². The van der Waals surface area contributed by atoms with Crippen molar-refractivity contribution in [2.24, 2.45) is 0 Å². The number of hydrogen-bond donors (Lipinski definition) is 2. The lowest BCUT2D eigenvalue weighted by Gasteiger charge is -2.36. The molecule has 0 radical (unpaired) electrons. The smallest absolute Gasteiger partial charge is 0.272 e. The Labute approximate surface area is 218 Å². The highest BCUT2D eigenvalue weighted by molar-refractivity contribution is 7.91. The number of aryl methyl sites for hydroxylation is 1. The van der Waals surface area contributed by atoms with Crippen molar-refractivity contribution in [2.75, 3.05) is 31.2 Å². The third-order valence-corrected chi connectivity index (χ3v) is 7.28. The fourth-order valence-electron chi connectivity index (χ4n) is 4.93. The van der Waals surface area contributed by atoms with Gasteiger partial charge in [0.2, 0.25) is 5.91 Å². The molecule has 0 saturated heterocycles.